The molecule has 1 rings (SSSR count). The van der Waals surface area contributed by atoms with Crippen LogP contribution in [0.5, 0.6) is 0 Å². The Hall–Kier alpha value is -0.430. The van der Waals surface area contributed by atoms with E-state index < -0.39 is 18.1 Å². The molecule has 0 fully saturated rings. The number of rotatable bonds is 17. The number of benzene rings is 1. The van der Waals surface area contributed by atoms with Crippen LogP contribution in [0.1, 0.15) is 63.9 Å². The molecule has 2 atom stereocenters. The molecule has 28 heavy (non-hydrogen) atoms. The van der Waals surface area contributed by atoms with Gasteiger partial charge in [0.1, 0.15) is 0 Å². The van der Waals surface area contributed by atoms with Gasteiger partial charge in [-0.25, -0.2) is 0 Å². The van der Waals surface area contributed by atoms with E-state index in [0.29, 0.717) is 13.0 Å². The average molecular weight is 402 g/mol. The second kappa shape index (κ2) is 18.6. The summed E-state index contributed by atoms with van der Waals surface area (Å²) in [5.74, 6) is -1.16. The van der Waals surface area contributed by atoms with Crippen molar-refractivity contribution in [3.8, 4) is 0 Å². The monoisotopic (exact) mass is 401 g/mol. The molecule has 5 nitrogen and oxygen atoms in total. The van der Waals surface area contributed by atoms with Crippen molar-refractivity contribution in [2.24, 2.45) is 0 Å². The molecule has 0 aromatic heterocycles. The van der Waals surface area contributed by atoms with Crippen LogP contribution in [0.4, 0.5) is 0 Å². The first kappa shape index (κ1) is 27.6. The SMILES string of the molecule is CCCCCCCCCCOCC(O)CN[C@@H](Cc1ccccc1)C(=O)[O-].[Na+]. The average Bonchev–Trinajstić information content (AvgIpc) is 2.67. The molecule has 1 aromatic rings. The van der Waals surface area contributed by atoms with Crippen molar-refractivity contribution in [1.82, 2.24) is 5.32 Å². The summed E-state index contributed by atoms with van der Waals surface area (Å²) in [5.41, 5.74) is 0.916. The number of carbonyl (C=O) groups is 1. The number of aliphatic hydroxyl groups excluding tert-OH is 1. The van der Waals surface area contributed by atoms with Crippen LogP contribution in [0.2, 0.25) is 0 Å². The third kappa shape index (κ3) is 14.6. The Kier molecular flexibility index (Phi) is 18.3. The predicted octanol–water partition coefficient (Wildman–Crippen LogP) is -0.541. The van der Waals surface area contributed by atoms with E-state index in [1.54, 1.807) is 0 Å². The van der Waals surface area contributed by atoms with Gasteiger partial charge in [0.25, 0.3) is 0 Å². The van der Waals surface area contributed by atoms with Gasteiger partial charge in [-0.3, -0.25) is 0 Å². The maximum atomic E-state index is 11.3. The first-order chi connectivity index (χ1) is 13.1. The van der Waals surface area contributed by atoms with Crippen LogP contribution >= 0.6 is 0 Å². The summed E-state index contributed by atoms with van der Waals surface area (Å²) < 4.78 is 5.50. The fourth-order valence-electron chi connectivity index (χ4n) is 2.98. The van der Waals surface area contributed by atoms with Crippen molar-refractivity contribution in [3.05, 3.63) is 35.9 Å². The maximum Gasteiger partial charge on any atom is 1.00 e. The van der Waals surface area contributed by atoms with Crippen molar-refractivity contribution in [1.29, 1.82) is 0 Å². The van der Waals surface area contributed by atoms with E-state index in [1.807, 2.05) is 30.3 Å². The Morgan fingerprint density at radius 2 is 1.68 bits per heavy atom. The molecule has 0 amide bonds. The van der Waals surface area contributed by atoms with E-state index in [-0.39, 0.29) is 42.7 Å². The van der Waals surface area contributed by atoms with Gasteiger partial charge in [-0.15, -0.1) is 0 Å². The first-order valence-corrected chi connectivity index (χ1v) is 10.4. The van der Waals surface area contributed by atoms with E-state index >= 15 is 0 Å². The maximum absolute atomic E-state index is 11.3. The third-order valence-electron chi connectivity index (χ3n) is 4.62. The number of ether oxygens (including phenoxy) is 1. The van der Waals surface area contributed by atoms with Crippen molar-refractivity contribution < 1.29 is 49.3 Å². The van der Waals surface area contributed by atoms with Crippen LogP contribution in [0.15, 0.2) is 30.3 Å². The fraction of sp³-hybridized carbons (Fsp3) is 0.682. The first-order valence-electron chi connectivity index (χ1n) is 10.4. The minimum absolute atomic E-state index is 0. The molecule has 0 aliphatic rings. The number of carbonyl (C=O) groups excluding carboxylic acids is 1. The Balaban J connectivity index is 0.00000729. The van der Waals surface area contributed by atoms with Crippen molar-refractivity contribution in [3.63, 3.8) is 0 Å². The molecule has 1 unspecified atom stereocenters. The second-order valence-corrected chi connectivity index (χ2v) is 7.17. The van der Waals surface area contributed by atoms with Gasteiger partial charge >= 0.3 is 29.6 Å². The number of nitrogens with one attached hydrogen (secondary N) is 1. The van der Waals surface area contributed by atoms with Crippen LogP contribution < -0.4 is 40.0 Å². The Morgan fingerprint density at radius 1 is 1.07 bits per heavy atom. The molecule has 0 radical (unpaired) electrons. The number of hydrogen-bond donors (Lipinski definition) is 2. The van der Waals surface area contributed by atoms with Gasteiger partial charge in [0.15, 0.2) is 0 Å². The summed E-state index contributed by atoms with van der Waals surface area (Å²) in [5, 5.41) is 24.1. The molecule has 0 saturated heterocycles. The molecule has 0 bridgehead atoms. The molecule has 0 aliphatic heterocycles. The standard InChI is InChI=1S/C22H37NO4.Na/c1-2-3-4-5-6-7-8-12-15-27-18-20(24)17-23-21(22(25)26)16-19-13-10-9-11-14-19;/h9-11,13-14,20-21,23-24H,2-8,12,15-18H2,1H3,(H,25,26);/q;+1/p-1/t20?,21-;/m0./s1. The van der Waals surface area contributed by atoms with Gasteiger partial charge in [-0.05, 0) is 18.4 Å². The molecule has 0 spiro atoms. The molecule has 0 heterocycles. The molecule has 2 N–H and O–H groups in total. The second-order valence-electron chi connectivity index (χ2n) is 7.17. The summed E-state index contributed by atoms with van der Waals surface area (Å²) >= 11 is 0. The normalized spacial score (nSPS) is 12.9. The van der Waals surface area contributed by atoms with Crippen LogP contribution in [-0.4, -0.2) is 43.0 Å². The van der Waals surface area contributed by atoms with E-state index in [0.717, 1.165) is 18.4 Å². The zero-order valence-corrected chi connectivity index (χ0v) is 19.7. The summed E-state index contributed by atoms with van der Waals surface area (Å²) in [6, 6.07) is 8.56. The van der Waals surface area contributed by atoms with Crippen molar-refractivity contribution in [2.75, 3.05) is 19.8 Å². The molecule has 6 heteroatoms. The quantitative estimate of drug-likeness (QED) is 0.271. The van der Waals surface area contributed by atoms with Crippen LogP contribution in [-0.2, 0) is 16.0 Å². The summed E-state index contributed by atoms with van der Waals surface area (Å²) in [6.45, 7) is 3.25. The number of hydrogen-bond acceptors (Lipinski definition) is 5. The van der Waals surface area contributed by atoms with Gasteiger partial charge < -0.3 is 25.1 Å². The van der Waals surface area contributed by atoms with Gasteiger partial charge in [-0.1, -0.05) is 82.2 Å². The molecule has 1 aromatic carbocycles. The third-order valence-corrected chi connectivity index (χ3v) is 4.62. The number of aliphatic carboxylic acids is 1. The minimum Gasteiger partial charge on any atom is -0.548 e. The van der Waals surface area contributed by atoms with Crippen LogP contribution in [0.25, 0.3) is 0 Å². The summed E-state index contributed by atoms with van der Waals surface area (Å²) in [4.78, 5) is 11.3. The Labute approximate surface area is 192 Å². The largest absolute Gasteiger partial charge is 1.00 e. The molecule has 0 aliphatic carbocycles. The Morgan fingerprint density at radius 3 is 2.29 bits per heavy atom. The predicted molar refractivity (Wildman–Crippen MR) is 106 cm³/mol. The molecular weight excluding hydrogens is 365 g/mol. The van der Waals surface area contributed by atoms with E-state index in [1.165, 1.54) is 38.5 Å². The van der Waals surface area contributed by atoms with Gasteiger partial charge in [0, 0.05) is 13.2 Å². The number of carboxylic acids is 1. The smallest absolute Gasteiger partial charge is 0.548 e. The van der Waals surface area contributed by atoms with Crippen molar-refractivity contribution >= 4 is 5.97 Å². The summed E-state index contributed by atoms with van der Waals surface area (Å²) in [7, 11) is 0. The van der Waals surface area contributed by atoms with Crippen LogP contribution in [0, 0.1) is 0 Å². The summed E-state index contributed by atoms with van der Waals surface area (Å²) in [6.07, 6.45) is 9.56. The Bertz CT molecular complexity index is 487. The van der Waals surface area contributed by atoms with Gasteiger partial charge in [-0.2, -0.15) is 0 Å². The zero-order chi connectivity index (χ0) is 19.7. The topological polar surface area (TPSA) is 81.6 Å². The van der Waals surface area contributed by atoms with Crippen molar-refractivity contribution in [2.45, 2.75) is 76.9 Å². The van der Waals surface area contributed by atoms with Crippen LogP contribution in [0.3, 0.4) is 0 Å². The minimum atomic E-state index is -1.16. The van der Waals surface area contributed by atoms with E-state index in [2.05, 4.69) is 12.2 Å². The van der Waals surface area contributed by atoms with Gasteiger partial charge in [0.05, 0.1) is 24.7 Å². The van der Waals surface area contributed by atoms with Gasteiger partial charge in [0.2, 0.25) is 0 Å². The van der Waals surface area contributed by atoms with E-state index in [4.69, 9.17) is 4.74 Å². The number of carboxylic acid groups (broad SMARTS) is 1. The molecule has 0 saturated carbocycles. The zero-order valence-electron chi connectivity index (χ0n) is 17.7. The van der Waals surface area contributed by atoms with E-state index in [9.17, 15) is 15.0 Å². The number of aliphatic hydroxyl groups is 1. The number of unbranched alkanes of at least 4 members (excludes halogenated alkanes) is 7. The fourth-order valence-corrected chi connectivity index (χ4v) is 2.98. The molecule has 154 valence electrons. The molecular formula is C22H36NNaO4.